The summed E-state index contributed by atoms with van der Waals surface area (Å²) in [6.07, 6.45) is 2.25. The van der Waals surface area contributed by atoms with Crippen LogP contribution in [0.2, 0.25) is 0 Å². The topological polar surface area (TPSA) is 38.5 Å². The first-order valence-electron chi connectivity index (χ1n) is 6.55. The van der Waals surface area contributed by atoms with E-state index in [9.17, 15) is 4.39 Å². The van der Waals surface area contributed by atoms with Gasteiger partial charge in [0, 0.05) is 32.8 Å². The van der Waals surface area contributed by atoms with E-state index < -0.39 is 0 Å². The molecule has 0 saturated carbocycles. The summed E-state index contributed by atoms with van der Waals surface area (Å²) in [5, 5.41) is 0. The molecule has 0 aliphatic carbocycles. The van der Waals surface area contributed by atoms with E-state index in [1.807, 2.05) is 6.07 Å². The first kappa shape index (κ1) is 17.9. The third kappa shape index (κ3) is 4.40. The molecule has 1 aliphatic heterocycles. The summed E-state index contributed by atoms with van der Waals surface area (Å²) < 4.78 is 19.4. The average Bonchev–Trinajstić information content (AvgIpc) is 2.43. The van der Waals surface area contributed by atoms with Crippen molar-refractivity contribution in [2.75, 3.05) is 20.2 Å². The van der Waals surface area contributed by atoms with Crippen LogP contribution in [-0.4, -0.2) is 37.2 Å². The lowest BCUT2D eigenvalue weighted by molar-refractivity contribution is 0.0102. The van der Waals surface area contributed by atoms with E-state index in [0.29, 0.717) is 23.2 Å². The lowest BCUT2D eigenvalue weighted by Crippen LogP contribution is -2.47. The number of piperidine rings is 1. The summed E-state index contributed by atoms with van der Waals surface area (Å²) in [7, 11) is 1.75. The number of halogens is 3. The van der Waals surface area contributed by atoms with Crippen LogP contribution in [0.3, 0.4) is 0 Å². The van der Waals surface area contributed by atoms with Gasteiger partial charge in [0.1, 0.15) is 5.82 Å². The molecule has 114 valence electrons. The van der Waals surface area contributed by atoms with E-state index >= 15 is 0 Å². The number of ether oxygens (including phenoxy) is 1. The standard InChI is InChI=1S/C14H20BrFN2O.ClH/c1-19-12-4-5-18(11(7-12)8-17)9-10-2-3-13(15)14(16)6-10;/h2-3,6,11-12H,4-5,7-9,17H2,1H3;1H. The molecule has 2 atom stereocenters. The Morgan fingerprint density at radius 3 is 2.85 bits per heavy atom. The fraction of sp³-hybridized carbons (Fsp3) is 0.571. The van der Waals surface area contributed by atoms with Crippen molar-refractivity contribution in [2.45, 2.75) is 31.5 Å². The van der Waals surface area contributed by atoms with E-state index in [1.165, 1.54) is 0 Å². The molecule has 2 unspecified atom stereocenters. The molecule has 1 aliphatic rings. The van der Waals surface area contributed by atoms with Gasteiger partial charge in [-0.3, -0.25) is 4.90 Å². The number of methoxy groups -OCH3 is 1. The van der Waals surface area contributed by atoms with Crippen molar-refractivity contribution in [3.8, 4) is 0 Å². The highest BCUT2D eigenvalue weighted by Gasteiger charge is 2.27. The molecule has 0 amide bonds. The van der Waals surface area contributed by atoms with Gasteiger partial charge in [-0.1, -0.05) is 6.07 Å². The molecule has 20 heavy (non-hydrogen) atoms. The van der Waals surface area contributed by atoms with Gasteiger partial charge in [-0.25, -0.2) is 4.39 Å². The summed E-state index contributed by atoms with van der Waals surface area (Å²) in [5.41, 5.74) is 6.82. The largest absolute Gasteiger partial charge is 0.381 e. The van der Waals surface area contributed by atoms with Crippen LogP contribution in [-0.2, 0) is 11.3 Å². The summed E-state index contributed by atoms with van der Waals surface area (Å²) in [6, 6.07) is 5.60. The monoisotopic (exact) mass is 366 g/mol. The van der Waals surface area contributed by atoms with Crippen LogP contribution < -0.4 is 5.73 Å². The number of nitrogens with two attached hydrogens (primary N) is 1. The predicted octanol–water partition coefficient (Wildman–Crippen LogP) is 2.95. The Balaban J connectivity index is 0.00000200. The summed E-state index contributed by atoms with van der Waals surface area (Å²) in [6.45, 7) is 2.29. The molecule has 6 heteroatoms. The van der Waals surface area contributed by atoms with Crippen molar-refractivity contribution >= 4 is 28.3 Å². The van der Waals surface area contributed by atoms with E-state index in [4.69, 9.17) is 10.5 Å². The van der Waals surface area contributed by atoms with E-state index in [2.05, 4.69) is 20.8 Å². The van der Waals surface area contributed by atoms with Gasteiger partial charge in [0.25, 0.3) is 0 Å². The molecular weight excluding hydrogens is 347 g/mol. The molecule has 1 fully saturated rings. The molecule has 1 aromatic rings. The normalized spacial score (nSPS) is 23.4. The van der Waals surface area contributed by atoms with Gasteiger partial charge in [0.2, 0.25) is 0 Å². The van der Waals surface area contributed by atoms with Crippen LogP contribution in [0.1, 0.15) is 18.4 Å². The SMILES string of the molecule is COC1CCN(Cc2ccc(Br)c(F)c2)C(CN)C1.Cl. The highest BCUT2D eigenvalue weighted by Crippen LogP contribution is 2.23. The minimum absolute atomic E-state index is 0. The van der Waals surface area contributed by atoms with Crippen molar-refractivity contribution in [1.82, 2.24) is 4.90 Å². The lowest BCUT2D eigenvalue weighted by atomic mass is 9.98. The Hall–Kier alpha value is -0.200. The second kappa shape index (κ2) is 8.29. The minimum Gasteiger partial charge on any atom is -0.381 e. The number of hydrogen-bond acceptors (Lipinski definition) is 3. The van der Waals surface area contributed by atoms with Crippen molar-refractivity contribution in [3.63, 3.8) is 0 Å². The number of nitrogens with zero attached hydrogens (tertiary/aromatic N) is 1. The zero-order chi connectivity index (χ0) is 13.8. The highest BCUT2D eigenvalue weighted by atomic mass is 79.9. The van der Waals surface area contributed by atoms with Crippen LogP contribution >= 0.6 is 28.3 Å². The van der Waals surface area contributed by atoms with Crippen LogP contribution in [0.4, 0.5) is 4.39 Å². The van der Waals surface area contributed by atoms with Crippen LogP contribution in [0.25, 0.3) is 0 Å². The summed E-state index contributed by atoms with van der Waals surface area (Å²) in [5.74, 6) is -0.214. The molecule has 0 bridgehead atoms. The van der Waals surface area contributed by atoms with Crippen molar-refractivity contribution in [1.29, 1.82) is 0 Å². The zero-order valence-electron chi connectivity index (χ0n) is 11.5. The van der Waals surface area contributed by atoms with Gasteiger partial charge >= 0.3 is 0 Å². The van der Waals surface area contributed by atoms with Gasteiger partial charge in [-0.15, -0.1) is 12.4 Å². The maximum Gasteiger partial charge on any atom is 0.137 e. The van der Waals surface area contributed by atoms with E-state index in [-0.39, 0.29) is 18.2 Å². The predicted molar refractivity (Wildman–Crippen MR) is 84.6 cm³/mol. The molecule has 2 N–H and O–H groups in total. The summed E-state index contributed by atoms with van der Waals surface area (Å²) in [4.78, 5) is 2.32. The van der Waals surface area contributed by atoms with E-state index in [0.717, 1.165) is 31.5 Å². The third-order valence-corrected chi connectivity index (χ3v) is 4.41. The Morgan fingerprint density at radius 1 is 1.50 bits per heavy atom. The second-order valence-electron chi connectivity index (χ2n) is 4.99. The molecule has 1 aromatic carbocycles. The maximum absolute atomic E-state index is 13.5. The van der Waals surface area contributed by atoms with Gasteiger partial charge in [-0.05, 0) is 46.5 Å². The van der Waals surface area contributed by atoms with Gasteiger partial charge in [0.05, 0.1) is 10.6 Å². The molecule has 0 radical (unpaired) electrons. The molecule has 3 nitrogen and oxygen atoms in total. The van der Waals surface area contributed by atoms with Crippen LogP contribution in [0.5, 0.6) is 0 Å². The molecule has 0 spiro atoms. The molecule has 1 saturated heterocycles. The highest BCUT2D eigenvalue weighted by molar-refractivity contribution is 9.10. The number of hydrogen-bond donors (Lipinski definition) is 1. The molecule has 1 heterocycles. The molecule has 2 rings (SSSR count). The lowest BCUT2D eigenvalue weighted by Gasteiger charge is -2.38. The van der Waals surface area contributed by atoms with E-state index in [1.54, 1.807) is 19.2 Å². The number of likely N-dealkylation sites (tertiary alicyclic amines) is 1. The smallest absolute Gasteiger partial charge is 0.137 e. The second-order valence-corrected chi connectivity index (χ2v) is 5.84. The summed E-state index contributed by atoms with van der Waals surface area (Å²) >= 11 is 3.17. The first-order valence-corrected chi connectivity index (χ1v) is 7.34. The Morgan fingerprint density at radius 2 is 2.25 bits per heavy atom. The van der Waals surface area contributed by atoms with Gasteiger partial charge < -0.3 is 10.5 Å². The van der Waals surface area contributed by atoms with Crippen molar-refractivity contribution in [3.05, 3.63) is 34.1 Å². The maximum atomic E-state index is 13.5. The van der Waals surface area contributed by atoms with Gasteiger partial charge in [-0.2, -0.15) is 0 Å². The van der Waals surface area contributed by atoms with Crippen molar-refractivity contribution < 1.29 is 9.13 Å². The van der Waals surface area contributed by atoms with Crippen LogP contribution in [0.15, 0.2) is 22.7 Å². The van der Waals surface area contributed by atoms with Crippen molar-refractivity contribution in [2.24, 2.45) is 5.73 Å². The quantitative estimate of drug-likeness (QED) is 0.889. The third-order valence-electron chi connectivity index (χ3n) is 3.76. The van der Waals surface area contributed by atoms with Crippen LogP contribution in [0, 0.1) is 5.82 Å². The Kier molecular flexibility index (Phi) is 7.40. The molecular formula is C14H21BrClFN2O. The average molecular weight is 368 g/mol. The Labute approximate surface area is 134 Å². The molecule has 0 aromatic heterocycles. The number of rotatable bonds is 4. The minimum atomic E-state index is -0.214. The number of benzene rings is 1. The van der Waals surface area contributed by atoms with Gasteiger partial charge in [0.15, 0.2) is 0 Å². The first-order chi connectivity index (χ1) is 9.13. The fourth-order valence-electron chi connectivity index (χ4n) is 2.60. The Bertz CT molecular complexity index is 436. The fourth-order valence-corrected chi connectivity index (χ4v) is 2.85. The zero-order valence-corrected chi connectivity index (χ0v) is 13.9.